The lowest BCUT2D eigenvalue weighted by atomic mass is 10.2. The predicted molar refractivity (Wildman–Crippen MR) is 77.3 cm³/mol. The summed E-state index contributed by atoms with van der Waals surface area (Å²) < 4.78 is 7.02. The number of rotatable bonds is 7. The lowest BCUT2D eigenvalue weighted by molar-refractivity contribution is 0.191. The molecule has 0 aliphatic rings. The van der Waals surface area contributed by atoms with Crippen LogP contribution >= 0.6 is 0 Å². The van der Waals surface area contributed by atoms with Crippen molar-refractivity contribution in [3.05, 3.63) is 48.3 Å². The molecule has 0 fully saturated rings. The topological polar surface area (TPSA) is 39.1 Å². The van der Waals surface area contributed by atoms with Gasteiger partial charge in [-0.3, -0.25) is 4.68 Å². The fraction of sp³-hybridized carbons (Fsp3) is 0.400. The van der Waals surface area contributed by atoms with E-state index in [1.54, 1.807) is 7.11 Å². The third-order valence-electron chi connectivity index (χ3n) is 2.99. The SMILES string of the molecule is COCCC(C)Nc1cnn(Cc2ccccc2)c1. The van der Waals surface area contributed by atoms with Gasteiger partial charge in [0.15, 0.2) is 0 Å². The van der Waals surface area contributed by atoms with Crippen LogP contribution < -0.4 is 5.32 Å². The summed E-state index contributed by atoms with van der Waals surface area (Å²) in [6.45, 7) is 3.72. The standard InChI is InChI=1S/C15H21N3O/c1-13(8-9-19-2)17-15-10-16-18(12-15)11-14-6-4-3-5-7-14/h3-7,10,12-13,17H,8-9,11H2,1-2H3. The molecule has 0 bridgehead atoms. The second kappa shape index (κ2) is 6.95. The third-order valence-corrected chi connectivity index (χ3v) is 2.99. The molecule has 4 heteroatoms. The molecule has 1 aromatic carbocycles. The van der Waals surface area contributed by atoms with Crippen LogP contribution in [0.2, 0.25) is 0 Å². The van der Waals surface area contributed by atoms with E-state index in [-0.39, 0.29) is 0 Å². The number of benzene rings is 1. The summed E-state index contributed by atoms with van der Waals surface area (Å²) in [4.78, 5) is 0. The first-order chi connectivity index (χ1) is 9.28. The van der Waals surface area contributed by atoms with Gasteiger partial charge in [0, 0.05) is 26.0 Å². The van der Waals surface area contributed by atoms with Crippen molar-refractivity contribution < 1.29 is 4.74 Å². The molecule has 1 atom stereocenters. The van der Waals surface area contributed by atoms with Crippen LogP contribution in [0.4, 0.5) is 5.69 Å². The van der Waals surface area contributed by atoms with Gasteiger partial charge in [0.2, 0.25) is 0 Å². The van der Waals surface area contributed by atoms with Gasteiger partial charge < -0.3 is 10.1 Å². The molecule has 0 saturated heterocycles. The maximum Gasteiger partial charge on any atom is 0.0728 e. The minimum Gasteiger partial charge on any atom is -0.385 e. The van der Waals surface area contributed by atoms with Crippen molar-refractivity contribution in [2.24, 2.45) is 0 Å². The first-order valence-corrected chi connectivity index (χ1v) is 6.60. The van der Waals surface area contributed by atoms with Gasteiger partial charge in [-0.25, -0.2) is 0 Å². The van der Waals surface area contributed by atoms with Crippen molar-refractivity contribution in [3.8, 4) is 0 Å². The first kappa shape index (κ1) is 13.6. The summed E-state index contributed by atoms with van der Waals surface area (Å²) in [7, 11) is 1.73. The molecule has 1 unspecified atom stereocenters. The van der Waals surface area contributed by atoms with Crippen LogP contribution in [0, 0.1) is 0 Å². The maximum atomic E-state index is 5.07. The third kappa shape index (κ3) is 4.41. The summed E-state index contributed by atoms with van der Waals surface area (Å²) in [5.74, 6) is 0. The maximum absolute atomic E-state index is 5.07. The molecule has 0 aliphatic heterocycles. The second-order valence-electron chi connectivity index (χ2n) is 4.74. The molecular formula is C15H21N3O. The Balaban J connectivity index is 1.88. The van der Waals surface area contributed by atoms with E-state index in [1.807, 2.05) is 35.3 Å². The highest BCUT2D eigenvalue weighted by Crippen LogP contribution is 2.10. The van der Waals surface area contributed by atoms with Crippen LogP contribution in [0.15, 0.2) is 42.7 Å². The highest BCUT2D eigenvalue weighted by Gasteiger charge is 2.04. The van der Waals surface area contributed by atoms with Crippen molar-refractivity contribution in [1.29, 1.82) is 0 Å². The fourth-order valence-electron chi connectivity index (χ4n) is 1.95. The molecule has 2 rings (SSSR count). The Morgan fingerprint density at radius 1 is 1.32 bits per heavy atom. The fourth-order valence-corrected chi connectivity index (χ4v) is 1.95. The van der Waals surface area contributed by atoms with Crippen molar-refractivity contribution >= 4 is 5.69 Å². The van der Waals surface area contributed by atoms with E-state index in [0.717, 1.165) is 25.3 Å². The van der Waals surface area contributed by atoms with E-state index in [0.29, 0.717) is 6.04 Å². The van der Waals surface area contributed by atoms with Gasteiger partial charge in [-0.1, -0.05) is 30.3 Å². The normalized spacial score (nSPS) is 12.3. The molecule has 19 heavy (non-hydrogen) atoms. The van der Waals surface area contributed by atoms with E-state index < -0.39 is 0 Å². The molecule has 1 heterocycles. The van der Waals surface area contributed by atoms with Gasteiger partial charge in [-0.15, -0.1) is 0 Å². The van der Waals surface area contributed by atoms with Crippen LogP contribution in [0.25, 0.3) is 0 Å². The van der Waals surface area contributed by atoms with Gasteiger partial charge in [-0.2, -0.15) is 5.10 Å². The van der Waals surface area contributed by atoms with Gasteiger partial charge in [-0.05, 0) is 18.9 Å². The molecule has 0 aliphatic carbocycles. The first-order valence-electron chi connectivity index (χ1n) is 6.60. The smallest absolute Gasteiger partial charge is 0.0728 e. The Kier molecular flexibility index (Phi) is 4.98. The molecule has 2 aromatic rings. The Bertz CT molecular complexity index is 481. The Morgan fingerprint density at radius 3 is 2.84 bits per heavy atom. The van der Waals surface area contributed by atoms with E-state index in [9.17, 15) is 0 Å². The number of nitrogens with zero attached hydrogens (tertiary/aromatic N) is 2. The zero-order valence-electron chi connectivity index (χ0n) is 11.5. The molecule has 102 valence electrons. The number of anilines is 1. The largest absolute Gasteiger partial charge is 0.385 e. The highest BCUT2D eigenvalue weighted by atomic mass is 16.5. The Labute approximate surface area is 114 Å². The van der Waals surface area contributed by atoms with Crippen LogP contribution in [0.1, 0.15) is 18.9 Å². The molecule has 1 N–H and O–H groups in total. The number of ether oxygens (including phenoxy) is 1. The molecule has 0 spiro atoms. The van der Waals surface area contributed by atoms with Gasteiger partial charge in [0.1, 0.15) is 0 Å². The van der Waals surface area contributed by atoms with Gasteiger partial charge in [0.25, 0.3) is 0 Å². The van der Waals surface area contributed by atoms with Crippen molar-refractivity contribution in [1.82, 2.24) is 9.78 Å². The molecule has 1 aromatic heterocycles. The molecule has 4 nitrogen and oxygen atoms in total. The molecule has 0 radical (unpaired) electrons. The van der Waals surface area contributed by atoms with Crippen LogP contribution in [-0.4, -0.2) is 29.5 Å². The Hall–Kier alpha value is -1.81. The van der Waals surface area contributed by atoms with Crippen LogP contribution in [0.3, 0.4) is 0 Å². The quantitative estimate of drug-likeness (QED) is 0.831. The summed E-state index contributed by atoms with van der Waals surface area (Å²) in [5.41, 5.74) is 2.31. The highest BCUT2D eigenvalue weighted by molar-refractivity contribution is 5.39. The average Bonchev–Trinajstić information content (AvgIpc) is 2.85. The number of nitrogens with one attached hydrogen (secondary N) is 1. The summed E-state index contributed by atoms with van der Waals surface area (Å²) in [6, 6.07) is 10.7. The number of hydrogen-bond acceptors (Lipinski definition) is 3. The molecule has 0 amide bonds. The lowest BCUT2D eigenvalue weighted by Crippen LogP contribution is -2.16. The van der Waals surface area contributed by atoms with E-state index in [1.165, 1.54) is 5.56 Å². The lowest BCUT2D eigenvalue weighted by Gasteiger charge is -2.12. The molecular weight excluding hydrogens is 238 g/mol. The minimum atomic E-state index is 0.384. The van der Waals surface area contributed by atoms with Gasteiger partial charge >= 0.3 is 0 Å². The number of aromatic nitrogens is 2. The summed E-state index contributed by atoms with van der Waals surface area (Å²) in [5, 5.41) is 7.79. The zero-order chi connectivity index (χ0) is 13.5. The molecule has 0 saturated carbocycles. The number of methoxy groups -OCH3 is 1. The van der Waals surface area contributed by atoms with E-state index >= 15 is 0 Å². The summed E-state index contributed by atoms with van der Waals surface area (Å²) >= 11 is 0. The zero-order valence-corrected chi connectivity index (χ0v) is 11.5. The monoisotopic (exact) mass is 259 g/mol. The van der Waals surface area contributed by atoms with Crippen molar-refractivity contribution in [2.75, 3.05) is 19.0 Å². The van der Waals surface area contributed by atoms with Crippen LogP contribution in [-0.2, 0) is 11.3 Å². The predicted octanol–water partition coefficient (Wildman–Crippen LogP) is 2.77. The van der Waals surface area contributed by atoms with Crippen molar-refractivity contribution in [2.45, 2.75) is 25.9 Å². The number of hydrogen-bond donors (Lipinski definition) is 1. The second-order valence-corrected chi connectivity index (χ2v) is 4.74. The van der Waals surface area contributed by atoms with E-state index in [2.05, 4.69) is 29.5 Å². The Morgan fingerprint density at radius 2 is 2.11 bits per heavy atom. The van der Waals surface area contributed by atoms with Crippen LogP contribution in [0.5, 0.6) is 0 Å². The van der Waals surface area contributed by atoms with Crippen molar-refractivity contribution in [3.63, 3.8) is 0 Å². The van der Waals surface area contributed by atoms with Gasteiger partial charge in [0.05, 0.1) is 18.4 Å². The minimum absolute atomic E-state index is 0.384. The van der Waals surface area contributed by atoms with E-state index in [4.69, 9.17) is 4.74 Å². The summed E-state index contributed by atoms with van der Waals surface area (Å²) in [6.07, 6.45) is 4.89. The average molecular weight is 259 g/mol.